The number of nitrogens with two attached hydrogens (primary N) is 1. The summed E-state index contributed by atoms with van der Waals surface area (Å²) in [5.74, 6) is -0.145. The fourth-order valence-electron chi connectivity index (χ4n) is 1.97. The number of amides is 1. The highest BCUT2D eigenvalue weighted by Crippen LogP contribution is 2.17. The number of carbonyl (C=O) groups is 1. The average Bonchev–Trinajstić information content (AvgIpc) is 2.56. The molecule has 1 amide bonds. The molecule has 0 saturated carbocycles. The van der Waals surface area contributed by atoms with Crippen LogP contribution in [0.3, 0.4) is 0 Å². The largest absolute Gasteiger partial charge is 0.397 e. The zero-order chi connectivity index (χ0) is 12.3. The van der Waals surface area contributed by atoms with Crippen molar-refractivity contribution >= 4 is 23.2 Å². The lowest BCUT2D eigenvalue weighted by atomic mass is 10.2. The summed E-state index contributed by atoms with van der Waals surface area (Å²) < 4.78 is 0. The SMILES string of the molecule is Nc1cc(Cl)nnc1C(=O)N1CCCCCC1. The first-order valence-corrected chi connectivity index (χ1v) is 6.14. The zero-order valence-electron chi connectivity index (χ0n) is 9.53. The molecule has 1 aromatic heterocycles. The zero-order valence-corrected chi connectivity index (χ0v) is 10.3. The van der Waals surface area contributed by atoms with Gasteiger partial charge in [0.2, 0.25) is 0 Å². The minimum Gasteiger partial charge on any atom is -0.397 e. The van der Waals surface area contributed by atoms with E-state index in [1.165, 1.54) is 18.9 Å². The Morgan fingerprint density at radius 2 is 1.88 bits per heavy atom. The van der Waals surface area contributed by atoms with Crippen LogP contribution in [0.2, 0.25) is 5.15 Å². The highest BCUT2D eigenvalue weighted by Gasteiger charge is 2.21. The molecule has 6 heteroatoms. The van der Waals surface area contributed by atoms with Crippen LogP contribution in [0.15, 0.2) is 6.07 Å². The third-order valence-corrected chi connectivity index (χ3v) is 3.07. The van der Waals surface area contributed by atoms with Crippen molar-refractivity contribution in [3.8, 4) is 0 Å². The average molecular weight is 255 g/mol. The molecule has 1 aromatic rings. The molecule has 1 aliphatic heterocycles. The first kappa shape index (κ1) is 12.1. The Kier molecular flexibility index (Phi) is 3.78. The van der Waals surface area contributed by atoms with Gasteiger partial charge in [0.15, 0.2) is 10.8 Å². The number of anilines is 1. The van der Waals surface area contributed by atoms with Crippen molar-refractivity contribution in [3.63, 3.8) is 0 Å². The minimum absolute atomic E-state index is 0.145. The smallest absolute Gasteiger partial charge is 0.276 e. The summed E-state index contributed by atoms with van der Waals surface area (Å²) >= 11 is 5.66. The fraction of sp³-hybridized carbons (Fsp3) is 0.545. The van der Waals surface area contributed by atoms with Gasteiger partial charge in [0, 0.05) is 19.2 Å². The molecule has 1 saturated heterocycles. The van der Waals surface area contributed by atoms with Crippen LogP contribution < -0.4 is 5.73 Å². The molecule has 1 fully saturated rings. The molecule has 0 radical (unpaired) electrons. The lowest BCUT2D eigenvalue weighted by Gasteiger charge is -2.19. The van der Waals surface area contributed by atoms with Gasteiger partial charge in [-0.25, -0.2) is 0 Å². The van der Waals surface area contributed by atoms with E-state index >= 15 is 0 Å². The van der Waals surface area contributed by atoms with Crippen molar-refractivity contribution in [1.29, 1.82) is 0 Å². The number of carbonyl (C=O) groups excluding carboxylic acids is 1. The maximum Gasteiger partial charge on any atom is 0.276 e. The molecule has 0 spiro atoms. The monoisotopic (exact) mass is 254 g/mol. The van der Waals surface area contributed by atoms with Gasteiger partial charge in [0.05, 0.1) is 5.69 Å². The van der Waals surface area contributed by atoms with Crippen LogP contribution in [-0.2, 0) is 0 Å². The number of likely N-dealkylation sites (tertiary alicyclic amines) is 1. The molecule has 2 rings (SSSR count). The topological polar surface area (TPSA) is 72.1 Å². The van der Waals surface area contributed by atoms with E-state index in [2.05, 4.69) is 10.2 Å². The second kappa shape index (κ2) is 5.31. The Bertz CT molecular complexity index is 416. The van der Waals surface area contributed by atoms with Crippen LogP contribution in [0.25, 0.3) is 0 Å². The summed E-state index contributed by atoms with van der Waals surface area (Å²) in [6, 6.07) is 1.46. The van der Waals surface area contributed by atoms with Gasteiger partial charge in [-0.1, -0.05) is 24.4 Å². The van der Waals surface area contributed by atoms with E-state index in [0.29, 0.717) is 5.69 Å². The molecule has 0 unspecified atom stereocenters. The molecule has 0 bridgehead atoms. The predicted octanol–water partition coefficient (Wildman–Crippen LogP) is 1.73. The van der Waals surface area contributed by atoms with Crippen LogP contribution in [-0.4, -0.2) is 34.1 Å². The second-order valence-corrected chi connectivity index (χ2v) is 4.56. The van der Waals surface area contributed by atoms with Gasteiger partial charge in [0.25, 0.3) is 5.91 Å². The lowest BCUT2D eigenvalue weighted by molar-refractivity contribution is 0.0756. The number of nitrogen functional groups attached to an aromatic ring is 1. The first-order valence-electron chi connectivity index (χ1n) is 5.76. The van der Waals surface area contributed by atoms with E-state index in [1.54, 1.807) is 4.90 Å². The van der Waals surface area contributed by atoms with Gasteiger partial charge >= 0.3 is 0 Å². The van der Waals surface area contributed by atoms with Crippen molar-refractivity contribution in [2.24, 2.45) is 0 Å². The molecule has 0 aromatic carbocycles. The van der Waals surface area contributed by atoms with Crippen molar-refractivity contribution in [1.82, 2.24) is 15.1 Å². The van der Waals surface area contributed by atoms with E-state index < -0.39 is 0 Å². The van der Waals surface area contributed by atoms with Crippen LogP contribution in [0.5, 0.6) is 0 Å². The first-order chi connectivity index (χ1) is 8.18. The third kappa shape index (κ3) is 2.85. The van der Waals surface area contributed by atoms with Gasteiger partial charge in [0.1, 0.15) is 0 Å². The number of aromatic nitrogens is 2. The Morgan fingerprint density at radius 1 is 1.24 bits per heavy atom. The van der Waals surface area contributed by atoms with Gasteiger partial charge in [-0.3, -0.25) is 4.79 Å². The standard InChI is InChI=1S/C11H15ClN4O/c12-9-7-8(13)10(15-14-9)11(17)16-5-3-1-2-4-6-16/h7H,1-6H2,(H2,13,14). The van der Waals surface area contributed by atoms with Crippen LogP contribution >= 0.6 is 11.6 Å². The van der Waals surface area contributed by atoms with Gasteiger partial charge in [-0.05, 0) is 12.8 Å². The maximum absolute atomic E-state index is 12.2. The van der Waals surface area contributed by atoms with Crippen molar-refractivity contribution in [2.45, 2.75) is 25.7 Å². The lowest BCUT2D eigenvalue weighted by Crippen LogP contribution is -2.33. The predicted molar refractivity (Wildman–Crippen MR) is 65.8 cm³/mol. The molecular weight excluding hydrogens is 240 g/mol. The van der Waals surface area contributed by atoms with Crippen LogP contribution in [0.1, 0.15) is 36.2 Å². The molecule has 0 aliphatic carbocycles. The van der Waals surface area contributed by atoms with E-state index in [4.69, 9.17) is 17.3 Å². The van der Waals surface area contributed by atoms with Crippen LogP contribution in [0.4, 0.5) is 5.69 Å². The number of hydrogen-bond acceptors (Lipinski definition) is 4. The molecule has 5 nitrogen and oxygen atoms in total. The quantitative estimate of drug-likeness (QED) is 0.828. The summed E-state index contributed by atoms with van der Waals surface area (Å²) in [5.41, 5.74) is 6.23. The number of hydrogen-bond donors (Lipinski definition) is 1. The van der Waals surface area contributed by atoms with Crippen molar-refractivity contribution < 1.29 is 4.79 Å². The Hall–Kier alpha value is -1.36. The van der Waals surface area contributed by atoms with Crippen molar-refractivity contribution in [3.05, 3.63) is 16.9 Å². The van der Waals surface area contributed by atoms with Crippen LogP contribution in [0, 0.1) is 0 Å². The van der Waals surface area contributed by atoms with E-state index in [0.717, 1.165) is 25.9 Å². The molecule has 1 aliphatic rings. The summed E-state index contributed by atoms with van der Waals surface area (Å²) in [4.78, 5) is 14.0. The summed E-state index contributed by atoms with van der Waals surface area (Å²) in [5, 5.41) is 7.66. The van der Waals surface area contributed by atoms with Gasteiger partial charge < -0.3 is 10.6 Å². The molecule has 0 atom stereocenters. The van der Waals surface area contributed by atoms with Crippen molar-refractivity contribution in [2.75, 3.05) is 18.8 Å². The van der Waals surface area contributed by atoms with Gasteiger partial charge in [-0.15, -0.1) is 10.2 Å². The number of rotatable bonds is 1. The fourth-order valence-corrected chi connectivity index (χ4v) is 2.13. The molecule has 92 valence electrons. The molecular formula is C11H15ClN4O. The van der Waals surface area contributed by atoms with E-state index in [9.17, 15) is 4.79 Å². The number of nitrogens with zero attached hydrogens (tertiary/aromatic N) is 3. The third-order valence-electron chi connectivity index (χ3n) is 2.89. The number of halogens is 1. The molecule has 2 heterocycles. The highest BCUT2D eigenvalue weighted by molar-refractivity contribution is 6.29. The van der Waals surface area contributed by atoms with E-state index in [-0.39, 0.29) is 16.8 Å². The summed E-state index contributed by atoms with van der Waals surface area (Å²) in [7, 11) is 0. The Balaban J connectivity index is 2.17. The normalized spacial score (nSPS) is 16.6. The Labute approximate surface area is 105 Å². The second-order valence-electron chi connectivity index (χ2n) is 4.18. The minimum atomic E-state index is -0.145. The Morgan fingerprint density at radius 3 is 2.47 bits per heavy atom. The maximum atomic E-state index is 12.2. The highest BCUT2D eigenvalue weighted by atomic mass is 35.5. The van der Waals surface area contributed by atoms with E-state index in [1.807, 2.05) is 0 Å². The molecule has 17 heavy (non-hydrogen) atoms. The summed E-state index contributed by atoms with van der Waals surface area (Å²) in [6.45, 7) is 1.53. The molecule has 2 N–H and O–H groups in total. The van der Waals surface area contributed by atoms with Gasteiger partial charge in [-0.2, -0.15) is 0 Å². The summed E-state index contributed by atoms with van der Waals surface area (Å²) in [6.07, 6.45) is 4.41.